The van der Waals surface area contributed by atoms with Crippen LogP contribution in [0.4, 0.5) is 25.2 Å². The third kappa shape index (κ3) is 3.23. The summed E-state index contributed by atoms with van der Waals surface area (Å²) in [6.07, 6.45) is 3.07. The lowest BCUT2D eigenvalue weighted by molar-refractivity contribution is 0.230. The first-order valence-electron chi connectivity index (χ1n) is 8.99. The Hall–Kier alpha value is -3.23. The highest BCUT2D eigenvalue weighted by molar-refractivity contribution is 5.88. The van der Waals surface area contributed by atoms with Gasteiger partial charge in [0.05, 0.1) is 12.2 Å². The predicted octanol–water partition coefficient (Wildman–Crippen LogP) is 3.44. The first kappa shape index (κ1) is 18.1. The van der Waals surface area contributed by atoms with E-state index in [0.29, 0.717) is 35.8 Å². The van der Waals surface area contributed by atoms with Crippen molar-refractivity contribution in [3.63, 3.8) is 0 Å². The average Bonchev–Trinajstić information content (AvgIpc) is 3.30. The number of hydrogen-bond acceptors (Lipinski definition) is 4. The minimum Gasteiger partial charge on any atom is -0.348 e. The second kappa shape index (κ2) is 7.06. The molecule has 0 bridgehead atoms. The molecule has 1 saturated heterocycles. The number of hydrogen-bond donors (Lipinski definition) is 1. The molecule has 0 spiro atoms. The Morgan fingerprint density at radius 1 is 1.25 bits per heavy atom. The van der Waals surface area contributed by atoms with Gasteiger partial charge in [0.2, 0.25) is 0 Å². The highest BCUT2D eigenvalue weighted by Gasteiger charge is 2.30. The maximum Gasteiger partial charge on any atom is 0.322 e. The summed E-state index contributed by atoms with van der Waals surface area (Å²) in [6.45, 7) is 0.674. The molecule has 4 rings (SSSR count). The van der Waals surface area contributed by atoms with Gasteiger partial charge in [-0.25, -0.2) is 18.6 Å². The van der Waals surface area contributed by atoms with E-state index in [0.717, 1.165) is 18.6 Å². The largest absolute Gasteiger partial charge is 0.348 e. The number of carbonyl (C=O) groups is 1. The number of halogens is 2. The molecule has 0 aliphatic carbocycles. The molecule has 146 valence electrons. The number of imidazole rings is 1. The van der Waals surface area contributed by atoms with E-state index in [9.17, 15) is 13.6 Å². The summed E-state index contributed by atoms with van der Waals surface area (Å²) in [6, 6.07) is 6.51. The SMILES string of the molecule is CN(C)C(=O)Nc1cnc2ccc(N3CCC[C@@H]3c3cc(F)ccc3F)nn12. The smallest absolute Gasteiger partial charge is 0.322 e. The topological polar surface area (TPSA) is 65.8 Å². The van der Waals surface area contributed by atoms with E-state index < -0.39 is 11.6 Å². The van der Waals surface area contributed by atoms with Crippen LogP contribution in [0.3, 0.4) is 0 Å². The Balaban J connectivity index is 1.70. The van der Waals surface area contributed by atoms with E-state index >= 15 is 0 Å². The van der Waals surface area contributed by atoms with Gasteiger partial charge in [0.1, 0.15) is 17.5 Å². The summed E-state index contributed by atoms with van der Waals surface area (Å²) in [7, 11) is 3.28. The fraction of sp³-hybridized carbons (Fsp3) is 0.316. The number of urea groups is 1. The lowest BCUT2D eigenvalue weighted by Gasteiger charge is -2.26. The van der Waals surface area contributed by atoms with Gasteiger partial charge in [-0.1, -0.05) is 0 Å². The molecule has 1 fully saturated rings. The normalized spacial score (nSPS) is 16.6. The van der Waals surface area contributed by atoms with Gasteiger partial charge in [-0.3, -0.25) is 5.32 Å². The monoisotopic (exact) mass is 386 g/mol. The van der Waals surface area contributed by atoms with Gasteiger partial charge in [-0.15, -0.1) is 5.10 Å². The van der Waals surface area contributed by atoms with Crippen LogP contribution >= 0.6 is 0 Å². The molecule has 1 aliphatic heterocycles. The van der Waals surface area contributed by atoms with Crippen LogP contribution in [-0.4, -0.2) is 46.2 Å². The highest BCUT2D eigenvalue weighted by Crippen LogP contribution is 2.36. The highest BCUT2D eigenvalue weighted by atomic mass is 19.1. The van der Waals surface area contributed by atoms with Crippen LogP contribution in [-0.2, 0) is 0 Å². The lowest BCUT2D eigenvalue weighted by Crippen LogP contribution is -2.28. The fourth-order valence-corrected chi connectivity index (χ4v) is 3.46. The molecule has 1 aliphatic rings. The standard InChI is InChI=1S/C19H20F2N6O/c1-25(2)19(28)23-18-11-22-16-7-8-17(24-27(16)18)26-9-3-4-15(26)13-10-12(20)5-6-14(13)21/h5-8,10-11,15H,3-4,9H2,1-2H3,(H,23,28)/t15-/m1/s1. The lowest BCUT2D eigenvalue weighted by atomic mass is 10.0. The van der Waals surface area contributed by atoms with Crippen molar-refractivity contribution in [2.45, 2.75) is 18.9 Å². The van der Waals surface area contributed by atoms with Crippen LogP contribution in [0.5, 0.6) is 0 Å². The number of anilines is 2. The maximum absolute atomic E-state index is 14.3. The molecule has 2 amide bonds. The molecular weight excluding hydrogens is 366 g/mol. The van der Waals surface area contributed by atoms with Gasteiger partial charge >= 0.3 is 6.03 Å². The Morgan fingerprint density at radius 2 is 2.07 bits per heavy atom. The van der Waals surface area contributed by atoms with Crippen LogP contribution in [0, 0.1) is 11.6 Å². The molecule has 3 heterocycles. The van der Waals surface area contributed by atoms with Gasteiger partial charge in [0, 0.05) is 26.2 Å². The van der Waals surface area contributed by atoms with Crippen molar-refractivity contribution in [1.82, 2.24) is 19.5 Å². The number of rotatable bonds is 3. The first-order chi connectivity index (χ1) is 13.4. The van der Waals surface area contributed by atoms with Gasteiger partial charge in [-0.2, -0.15) is 4.52 Å². The summed E-state index contributed by atoms with van der Waals surface area (Å²) in [5.74, 6) is 0.149. The maximum atomic E-state index is 14.3. The quantitative estimate of drug-likeness (QED) is 0.749. The molecule has 2 aromatic heterocycles. The molecule has 3 aromatic rings. The van der Waals surface area contributed by atoms with Crippen molar-refractivity contribution < 1.29 is 13.6 Å². The zero-order valence-electron chi connectivity index (χ0n) is 15.6. The molecular formula is C19H20F2N6O. The molecule has 28 heavy (non-hydrogen) atoms. The summed E-state index contributed by atoms with van der Waals surface area (Å²) in [4.78, 5) is 19.6. The van der Waals surface area contributed by atoms with E-state index in [4.69, 9.17) is 0 Å². The summed E-state index contributed by atoms with van der Waals surface area (Å²) >= 11 is 0. The van der Waals surface area contributed by atoms with Crippen molar-refractivity contribution >= 4 is 23.3 Å². The third-order valence-corrected chi connectivity index (χ3v) is 4.85. The summed E-state index contributed by atoms with van der Waals surface area (Å²) in [5, 5.41) is 7.33. The third-order valence-electron chi connectivity index (χ3n) is 4.85. The first-order valence-corrected chi connectivity index (χ1v) is 8.99. The molecule has 1 N–H and O–H groups in total. The number of fused-ring (bicyclic) bond motifs is 1. The van der Waals surface area contributed by atoms with Crippen molar-refractivity contribution in [2.24, 2.45) is 0 Å². The van der Waals surface area contributed by atoms with Crippen molar-refractivity contribution in [3.8, 4) is 0 Å². The van der Waals surface area contributed by atoms with Crippen LogP contribution in [0.1, 0.15) is 24.4 Å². The number of carbonyl (C=O) groups excluding carboxylic acids is 1. The molecule has 1 aromatic carbocycles. The molecule has 0 unspecified atom stereocenters. The molecule has 0 radical (unpaired) electrons. The van der Waals surface area contributed by atoms with E-state index in [2.05, 4.69) is 15.4 Å². The minimum atomic E-state index is -0.463. The van der Waals surface area contributed by atoms with E-state index in [-0.39, 0.29) is 12.1 Å². The number of nitrogens with one attached hydrogen (secondary N) is 1. The number of amides is 2. The summed E-state index contributed by atoms with van der Waals surface area (Å²) in [5.41, 5.74) is 0.900. The molecule has 0 saturated carbocycles. The van der Waals surface area contributed by atoms with Gasteiger partial charge in [0.15, 0.2) is 11.5 Å². The van der Waals surface area contributed by atoms with Crippen LogP contribution in [0.2, 0.25) is 0 Å². The van der Waals surface area contributed by atoms with Gasteiger partial charge < -0.3 is 9.80 Å². The molecule has 7 nitrogen and oxygen atoms in total. The van der Waals surface area contributed by atoms with E-state index in [1.807, 2.05) is 4.90 Å². The second-order valence-electron chi connectivity index (χ2n) is 6.95. The second-order valence-corrected chi connectivity index (χ2v) is 6.95. The Labute approximate surface area is 160 Å². The fourth-order valence-electron chi connectivity index (χ4n) is 3.46. The number of benzene rings is 1. The van der Waals surface area contributed by atoms with Gasteiger partial charge in [-0.05, 0) is 43.2 Å². The van der Waals surface area contributed by atoms with Crippen LogP contribution < -0.4 is 10.2 Å². The summed E-state index contributed by atoms with van der Waals surface area (Å²) < 4.78 is 29.5. The van der Waals surface area contributed by atoms with Crippen LogP contribution in [0.15, 0.2) is 36.5 Å². The zero-order chi connectivity index (χ0) is 19.8. The average molecular weight is 386 g/mol. The zero-order valence-corrected chi connectivity index (χ0v) is 15.6. The van der Waals surface area contributed by atoms with Gasteiger partial charge in [0.25, 0.3) is 0 Å². The van der Waals surface area contributed by atoms with E-state index in [1.165, 1.54) is 21.7 Å². The Kier molecular flexibility index (Phi) is 4.58. The van der Waals surface area contributed by atoms with Crippen LogP contribution in [0.25, 0.3) is 5.65 Å². The van der Waals surface area contributed by atoms with E-state index in [1.54, 1.807) is 26.2 Å². The predicted molar refractivity (Wildman–Crippen MR) is 101 cm³/mol. The van der Waals surface area contributed by atoms with Crippen molar-refractivity contribution in [2.75, 3.05) is 30.9 Å². The Bertz CT molecular complexity index is 1030. The molecule has 9 heteroatoms. The number of aromatic nitrogens is 3. The number of nitrogens with zero attached hydrogens (tertiary/aromatic N) is 5. The van der Waals surface area contributed by atoms with Crippen molar-refractivity contribution in [1.29, 1.82) is 0 Å². The minimum absolute atomic E-state index is 0.296. The van der Waals surface area contributed by atoms with Crippen molar-refractivity contribution in [3.05, 3.63) is 53.7 Å². The molecule has 1 atom stereocenters. The Morgan fingerprint density at radius 3 is 2.86 bits per heavy atom.